The van der Waals surface area contributed by atoms with Gasteiger partial charge in [0.05, 0.1) is 0 Å². The number of rotatable bonds is 6. The molecule has 2 rings (SSSR count). The zero-order chi connectivity index (χ0) is 15.6. The SMILES string of the molecule is Cc1cc2c([N+](=O)[O-])ncnc2n1COCC[Si](C)(C)C. The maximum Gasteiger partial charge on any atom is 0.376 e. The van der Waals surface area contributed by atoms with Gasteiger partial charge in [-0.2, -0.15) is 4.98 Å². The standard InChI is InChI=1S/C13H20N4O3Si/c1-10-7-11-12(14-8-15-13(11)17(18)19)16(10)9-20-5-6-21(2,3)4/h7-8H,5-6,9H2,1-4H3. The van der Waals surface area contributed by atoms with E-state index in [0.717, 1.165) is 11.7 Å². The lowest BCUT2D eigenvalue weighted by Gasteiger charge is -2.16. The summed E-state index contributed by atoms with van der Waals surface area (Å²) in [5.74, 6) is -0.163. The van der Waals surface area contributed by atoms with E-state index in [1.807, 2.05) is 11.5 Å². The largest absolute Gasteiger partial charge is 0.376 e. The number of nitrogens with zero attached hydrogens (tertiary/aromatic N) is 4. The maximum atomic E-state index is 11.0. The van der Waals surface area contributed by atoms with Crippen molar-refractivity contribution in [3.63, 3.8) is 0 Å². The molecular formula is C13H20N4O3Si. The van der Waals surface area contributed by atoms with E-state index in [-0.39, 0.29) is 5.82 Å². The van der Waals surface area contributed by atoms with Crippen LogP contribution in [0.3, 0.4) is 0 Å². The number of fused-ring (bicyclic) bond motifs is 1. The van der Waals surface area contributed by atoms with Gasteiger partial charge in [0.15, 0.2) is 5.65 Å². The van der Waals surface area contributed by atoms with Gasteiger partial charge in [0.1, 0.15) is 12.1 Å². The van der Waals surface area contributed by atoms with Crippen LogP contribution < -0.4 is 0 Å². The average Bonchev–Trinajstić information content (AvgIpc) is 2.69. The van der Waals surface area contributed by atoms with E-state index in [2.05, 4.69) is 29.6 Å². The number of ether oxygens (including phenoxy) is 1. The third-order valence-corrected chi connectivity index (χ3v) is 4.97. The quantitative estimate of drug-likeness (QED) is 0.354. The molecule has 0 amide bonds. The van der Waals surface area contributed by atoms with Crippen molar-refractivity contribution in [2.24, 2.45) is 0 Å². The molecule has 0 radical (unpaired) electrons. The van der Waals surface area contributed by atoms with Crippen molar-refractivity contribution < 1.29 is 9.66 Å². The molecule has 2 aromatic heterocycles. The van der Waals surface area contributed by atoms with E-state index in [0.29, 0.717) is 24.4 Å². The van der Waals surface area contributed by atoms with Crippen LogP contribution in [0.15, 0.2) is 12.4 Å². The molecule has 0 unspecified atom stereocenters. The Morgan fingerprint density at radius 1 is 1.38 bits per heavy atom. The highest BCUT2D eigenvalue weighted by atomic mass is 28.3. The van der Waals surface area contributed by atoms with E-state index in [9.17, 15) is 10.1 Å². The number of aromatic nitrogens is 3. The van der Waals surface area contributed by atoms with Crippen LogP contribution in [0.1, 0.15) is 5.69 Å². The summed E-state index contributed by atoms with van der Waals surface area (Å²) in [4.78, 5) is 18.4. The van der Waals surface area contributed by atoms with Crippen LogP contribution >= 0.6 is 0 Å². The first-order chi connectivity index (χ1) is 9.79. The van der Waals surface area contributed by atoms with Crippen LogP contribution in [0.2, 0.25) is 25.7 Å². The minimum absolute atomic E-state index is 0.163. The molecule has 0 atom stereocenters. The van der Waals surface area contributed by atoms with Gasteiger partial charge in [-0.3, -0.25) is 0 Å². The summed E-state index contributed by atoms with van der Waals surface area (Å²) in [6, 6.07) is 2.82. The van der Waals surface area contributed by atoms with Crippen molar-refractivity contribution in [1.29, 1.82) is 0 Å². The number of hydrogen-bond acceptors (Lipinski definition) is 5. The summed E-state index contributed by atoms with van der Waals surface area (Å²) in [7, 11) is -1.12. The zero-order valence-corrected chi connectivity index (χ0v) is 13.8. The van der Waals surface area contributed by atoms with Gasteiger partial charge in [0.2, 0.25) is 6.33 Å². The number of nitro groups is 1. The molecule has 7 nitrogen and oxygen atoms in total. The van der Waals surface area contributed by atoms with Crippen molar-refractivity contribution in [3.8, 4) is 0 Å². The molecular weight excluding hydrogens is 288 g/mol. The topological polar surface area (TPSA) is 83.1 Å². The summed E-state index contributed by atoms with van der Waals surface area (Å²) < 4.78 is 7.55. The minimum atomic E-state index is -1.12. The van der Waals surface area contributed by atoms with E-state index in [1.165, 1.54) is 6.33 Å². The highest BCUT2D eigenvalue weighted by Gasteiger charge is 2.19. The van der Waals surface area contributed by atoms with Gasteiger partial charge in [-0.15, -0.1) is 0 Å². The average molecular weight is 308 g/mol. The predicted molar refractivity (Wildman–Crippen MR) is 83.0 cm³/mol. The third-order valence-electron chi connectivity index (χ3n) is 3.27. The van der Waals surface area contributed by atoms with Gasteiger partial charge in [0.25, 0.3) is 0 Å². The molecule has 0 spiro atoms. The first kappa shape index (κ1) is 15.6. The van der Waals surface area contributed by atoms with Gasteiger partial charge in [-0.25, -0.2) is 0 Å². The van der Waals surface area contributed by atoms with Crippen molar-refractivity contribution in [3.05, 3.63) is 28.2 Å². The molecule has 114 valence electrons. The molecule has 0 aliphatic heterocycles. The summed E-state index contributed by atoms with van der Waals surface area (Å²) in [5.41, 5.74) is 1.42. The first-order valence-electron chi connectivity index (χ1n) is 6.82. The number of aryl methyl sites for hydroxylation is 1. The van der Waals surface area contributed by atoms with Crippen LogP contribution in [0.4, 0.5) is 5.82 Å². The van der Waals surface area contributed by atoms with Gasteiger partial charge in [-0.05, 0) is 28.9 Å². The molecule has 0 bridgehead atoms. The van der Waals surface area contributed by atoms with Crippen LogP contribution in [-0.4, -0.2) is 34.1 Å². The second-order valence-electron chi connectivity index (χ2n) is 6.25. The zero-order valence-electron chi connectivity index (χ0n) is 12.8. The molecule has 0 aromatic carbocycles. The molecule has 0 saturated heterocycles. The first-order valence-corrected chi connectivity index (χ1v) is 10.5. The Kier molecular flexibility index (Phi) is 4.38. The lowest BCUT2D eigenvalue weighted by molar-refractivity contribution is -0.387. The summed E-state index contributed by atoms with van der Waals surface area (Å²) in [6.07, 6.45) is 1.22. The van der Waals surface area contributed by atoms with Crippen molar-refractivity contribution in [2.75, 3.05) is 6.61 Å². The minimum Gasteiger partial charge on any atom is -0.361 e. The van der Waals surface area contributed by atoms with E-state index in [1.54, 1.807) is 6.07 Å². The molecule has 0 aliphatic carbocycles. The second kappa shape index (κ2) is 5.90. The Morgan fingerprint density at radius 2 is 2.10 bits per heavy atom. The summed E-state index contributed by atoms with van der Waals surface area (Å²) in [6.45, 7) is 9.82. The van der Waals surface area contributed by atoms with Gasteiger partial charge >= 0.3 is 5.82 Å². The molecule has 0 fully saturated rings. The van der Waals surface area contributed by atoms with Crippen molar-refractivity contribution in [2.45, 2.75) is 39.3 Å². The van der Waals surface area contributed by atoms with Crippen LogP contribution in [0.5, 0.6) is 0 Å². The van der Waals surface area contributed by atoms with Crippen molar-refractivity contribution >= 4 is 24.9 Å². The van der Waals surface area contributed by atoms with E-state index >= 15 is 0 Å². The smallest absolute Gasteiger partial charge is 0.361 e. The molecule has 0 N–H and O–H groups in total. The monoisotopic (exact) mass is 308 g/mol. The van der Waals surface area contributed by atoms with Crippen molar-refractivity contribution in [1.82, 2.24) is 14.5 Å². The Morgan fingerprint density at radius 3 is 2.71 bits per heavy atom. The van der Waals surface area contributed by atoms with Gasteiger partial charge in [-0.1, -0.05) is 19.6 Å². The highest BCUT2D eigenvalue weighted by Crippen LogP contribution is 2.24. The van der Waals surface area contributed by atoms with Crippen LogP contribution in [0.25, 0.3) is 11.0 Å². The molecule has 0 aliphatic rings. The fraction of sp³-hybridized carbons (Fsp3) is 0.538. The Labute approximate surface area is 124 Å². The molecule has 2 heterocycles. The van der Waals surface area contributed by atoms with E-state index in [4.69, 9.17) is 4.74 Å². The summed E-state index contributed by atoms with van der Waals surface area (Å²) in [5, 5.41) is 11.4. The fourth-order valence-electron chi connectivity index (χ4n) is 2.02. The van der Waals surface area contributed by atoms with Crippen LogP contribution in [0, 0.1) is 17.0 Å². The third kappa shape index (κ3) is 3.64. The second-order valence-corrected chi connectivity index (χ2v) is 11.9. The van der Waals surface area contributed by atoms with Gasteiger partial charge in [0, 0.05) is 20.4 Å². The maximum absolute atomic E-state index is 11.0. The Balaban J connectivity index is 2.19. The van der Waals surface area contributed by atoms with Gasteiger partial charge < -0.3 is 19.4 Å². The summed E-state index contributed by atoms with van der Waals surface area (Å²) >= 11 is 0. The normalized spacial score (nSPS) is 12.0. The molecule has 21 heavy (non-hydrogen) atoms. The lowest BCUT2D eigenvalue weighted by Crippen LogP contribution is -2.22. The Bertz CT molecular complexity index is 663. The molecule has 8 heteroatoms. The Hall–Kier alpha value is -1.80. The fourth-order valence-corrected chi connectivity index (χ4v) is 2.77. The predicted octanol–water partition coefficient (Wildman–Crippen LogP) is 2.96. The highest BCUT2D eigenvalue weighted by molar-refractivity contribution is 6.76. The van der Waals surface area contributed by atoms with Crippen LogP contribution in [-0.2, 0) is 11.5 Å². The lowest BCUT2D eigenvalue weighted by atomic mass is 10.3. The number of hydrogen-bond donors (Lipinski definition) is 0. The van der Waals surface area contributed by atoms with E-state index < -0.39 is 13.0 Å². The molecule has 2 aromatic rings. The molecule has 0 saturated carbocycles.